The van der Waals surface area contributed by atoms with Crippen LogP contribution in [0.25, 0.3) is 22.4 Å². The van der Waals surface area contributed by atoms with Crippen molar-refractivity contribution in [3.8, 4) is 11.4 Å². The first-order valence-corrected chi connectivity index (χ1v) is 8.56. The molecule has 0 N–H and O–H groups in total. The molecule has 2 aromatic heterocycles. The molecular weight excluding hydrogens is 352 g/mol. The fraction of sp³-hybridized carbons (Fsp3) is 0.0556. The van der Waals surface area contributed by atoms with Crippen molar-refractivity contribution in [3.05, 3.63) is 84.7 Å². The van der Waals surface area contributed by atoms with E-state index in [9.17, 15) is 14.9 Å². The number of nitro groups is 1. The Kier molecular flexibility index (Phi) is 3.81. The first-order chi connectivity index (χ1) is 12.5. The van der Waals surface area contributed by atoms with E-state index in [4.69, 9.17) is 0 Å². The molecule has 0 aliphatic heterocycles. The van der Waals surface area contributed by atoms with E-state index in [1.165, 1.54) is 27.9 Å². The van der Waals surface area contributed by atoms with Gasteiger partial charge in [0.15, 0.2) is 5.82 Å². The summed E-state index contributed by atoms with van der Waals surface area (Å²) < 4.78 is 1.93. The van der Waals surface area contributed by atoms with Gasteiger partial charge in [0.05, 0.1) is 9.46 Å². The molecule has 4 rings (SSSR count). The van der Waals surface area contributed by atoms with Crippen molar-refractivity contribution in [1.82, 2.24) is 14.6 Å². The van der Waals surface area contributed by atoms with Crippen LogP contribution in [0.15, 0.2) is 53.3 Å². The van der Waals surface area contributed by atoms with E-state index in [2.05, 4.69) is 10.2 Å². The van der Waals surface area contributed by atoms with Crippen molar-refractivity contribution in [3.63, 3.8) is 0 Å². The summed E-state index contributed by atoms with van der Waals surface area (Å²) in [6, 6.07) is 13.8. The van der Waals surface area contributed by atoms with Crippen LogP contribution in [0, 0.1) is 17.0 Å². The summed E-state index contributed by atoms with van der Waals surface area (Å²) in [4.78, 5) is 23.8. The highest BCUT2D eigenvalue weighted by molar-refractivity contribution is 7.15. The van der Waals surface area contributed by atoms with Crippen molar-refractivity contribution in [2.45, 2.75) is 6.92 Å². The van der Waals surface area contributed by atoms with Crippen LogP contribution >= 0.6 is 11.3 Å². The molecule has 0 aliphatic rings. The third-order valence-electron chi connectivity index (χ3n) is 4.01. The molecule has 0 fully saturated rings. The Morgan fingerprint density at radius 2 is 1.96 bits per heavy atom. The molecular formula is C18H12N4O3S. The Morgan fingerprint density at radius 3 is 2.73 bits per heavy atom. The maximum atomic E-state index is 12.8. The third-order valence-corrected chi connectivity index (χ3v) is 4.97. The lowest BCUT2D eigenvalue weighted by Gasteiger charge is -2.00. The number of thiazole rings is 1. The van der Waals surface area contributed by atoms with Gasteiger partial charge in [0, 0.05) is 17.7 Å². The number of benzene rings is 2. The molecule has 0 amide bonds. The van der Waals surface area contributed by atoms with Gasteiger partial charge >= 0.3 is 0 Å². The van der Waals surface area contributed by atoms with Crippen LogP contribution in [0.2, 0.25) is 0 Å². The molecule has 0 saturated heterocycles. The lowest BCUT2D eigenvalue weighted by atomic mass is 10.1. The minimum absolute atomic E-state index is 0.0187. The number of aromatic nitrogens is 3. The Bertz CT molecular complexity index is 1260. The number of nitro benzene ring substituents is 1. The van der Waals surface area contributed by atoms with Crippen molar-refractivity contribution >= 4 is 28.1 Å². The zero-order valence-corrected chi connectivity index (χ0v) is 14.4. The van der Waals surface area contributed by atoms with Crippen LogP contribution in [0.5, 0.6) is 0 Å². The second-order valence-electron chi connectivity index (χ2n) is 5.72. The molecule has 0 saturated carbocycles. The molecule has 0 aliphatic carbocycles. The molecule has 0 atom stereocenters. The fourth-order valence-electron chi connectivity index (χ4n) is 2.74. The van der Waals surface area contributed by atoms with Gasteiger partial charge in [0.2, 0.25) is 4.96 Å². The summed E-state index contributed by atoms with van der Waals surface area (Å²) in [6.07, 6.45) is 1.64. The minimum Gasteiger partial charge on any atom is -0.267 e. The highest BCUT2D eigenvalue weighted by Crippen LogP contribution is 2.21. The van der Waals surface area contributed by atoms with Crippen molar-refractivity contribution in [1.29, 1.82) is 0 Å². The molecule has 26 heavy (non-hydrogen) atoms. The van der Waals surface area contributed by atoms with Crippen molar-refractivity contribution < 1.29 is 4.92 Å². The van der Waals surface area contributed by atoms with E-state index < -0.39 is 4.92 Å². The Balaban J connectivity index is 1.90. The zero-order chi connectivity index (χ0) is 18.3. The molecule has 2 aromatic carbocycles. The zero-order valence-electron chi connectivity index (χ0n) is 13.6. The Hall–Kier alpha value is -3.39. The van der Waals surface area contributed by atoms with Gasteiger partial charge in [0.25, 0.3) is 11.2 Å². The Labute approximate surface area is 151 Å². The van der Waals surface area contributed by atoms with Gasteiger partial charge in [-0.05, 0) is 24.1 Å². The maximum absolute atomic E-state index is 12.8. The summed E-state index contributed by atoms with van der Waals surface area (Å²) in [5, 5.41) is 19.2. The van der Waals surface area contributed by atoms with Gasteiger partial charge in [-0.1, -0.05) is 47.7 Å². The number of fused-ring (bicyclic) bond motifs is 1. The summed E-state index contributed by atoms with van der Waals surface area (Å²) >= 11 is 1.21. The van der Waals surface area contributed by atoms with Gasteiger partial charge < -0.3 is 0 Å². The number of hydrogen-bond acceptors (Lipinski definition) is 6. The number of rotatable bonds is 3. The van der Waals surface area contributed by atoms with Crippen LogP contribution in [-0.2, 0) is 0 Å². The predicted molar refractivity (Wildman–Crippen MR) is 99.2 cm³/mol. The lowest BCUT2D eigenvalue weighted by Crippen LogP contribution is -2.23. The number of hydrogen-bond donors (Lipinski definition) is 0. The van der Waals surface area contributed by atoms with E-state index in [1.54, 1.807) is 18.2 Å². The highest BCUT2D eigenvalue weighted by Gasteiger charge is 2.15. The molecule has 4 aromatic rings. The second kappa shape index (κ2) is 6.16. The van der Waals surface area contributed by atoms with Crippen LogP contribution in [-0.4, -0.2) is 19.5 Å². The van der Waals surface area contributed by atoms with Crippen molar-refractivity contribution in [2.24, 2.45) is 0 Å². The van der Waals surface area contributed by atoms with Crippen LogP contribution < -0.4 is 10.1 Å². The molecule has 8 heteroatoms. The maximum Gasteiger partial charge on any atom is 0.276 e. The highest BCUT2D eigenvalue weighted by atomic mass is 32.1. The summed E-state index contributed by atoms with van der Waals surface area (Å²) in [5.74, 6) is 0.498. The average molecular weight is 364 g/mol. The third kappa shape index (κ3) is 2.66. The SMILES string of the molecule is Cc1ccccc1-c1nnc2sc(=Cc3cccc([N+](=O)[O-])c3)c(=O)n12. The number of non-ortho nitro benzene ring substituents is 1. The van der Waals surface area contributed by atoms with Gasteiger partial charge in [-0.2, -0.15) is 0 Å². The van der Waals surface area contributed by atoms with Crippen LogP contribution in [0.4, 0.5) is 5.69 Å². The second-order valence-corrected chi connectivity index (χ2v) is 6.73. The van der Waals surface area contributed by atoms with E-state index in [-0.39, 0.29) is 11.2 Å². The summed E-state index contributed by atoms with van der Waals surface area (Å²) in [5.41, 5.74) is 2.18. The van der Waals surface area contributed by atoms with Gasteiger partial charge in [-0.3, -0.25) is 14.9 Å². The topological polar surface area (TPSA) is 90.4 Å². The first kappa shape index (κ1) is 16.1. The molecule has 128 valence electrons. The first-order valence-electron chi connectivity index (χ1n) is 7.75. The molecule has 2 heterocycles. The quantitative estimate of drug-likeness (QED) is 0.412. The predicted octanol–water partition coefficient (Wildman–Crippen LogP) is 2.58. The standard InChI is InChI=1S/C18H12N4O3S/c1-11-5-2-3-8-14(11)16-19-20-18-21(16)17(23)15(26-18)10-12-6-4-7-13(9-12)22(24)25/h2-10H,1H3. The molecule has 0 radical (unpaired) electrons. The normalized spacial score (nSPS) is 12.0. The van der Waals surface area contributed by atoms with E-state index in [0.717, 1.165) is 11.1 Å². The van der Waals surface area contributed by atoms with E-state index in [0.29, 0.717) is 20.9 Å². The van der Waals surface area contributed by atoms with Gasteiger partial charge in [-0.15, -0.1) is 10.2 Å². The van der Waals surface area contributed by atoms with Crippen LogP contribution in [0.1, 0.15) is 11.1 Å². The summed E-state index contributed by atoms with van der Waals surface area (Å²) in [7, 11) is 0. The smallest absolute Gasteiger partial charge is 0.267 e. The fourth-order valence-corrected chi connectivity index (χ4v) is 3.65. The summed E-state index contributed by atoms with van der Waals surface area (Å²) in [6.45, 7) is 1.95. The van der Waals surface area contributed by atoms with Crippen LogP contribution in [0.3, 0.4) is 0 Å². The average Bonchev–Trinajstić information content (AvgIpc) is 3.17. The Morgan fingerprint density at radius 1 is 1.15 bits per heavy atom. The molecule has 0 spiro atoms. The monoisotopic (exact) mass is 364 g/mol. The largest absolute Gasteiger partial charge is 0.276 e. The van der Waals surface area contributed by atoms with E-state index in [1.807, 2.05) is 31.2 Å². The molecule has 0 unspecified atom stereocenters. The van der Waals surface area contributed by atoms with Gasteiger partial charge in [0.1, 0.15) is 0 Å². The number of aryl methyl sites for hydroxylation is 1. The minimum atomic E-state index is -0.461. The van der Waals surface area contributed by atoms with Crippen molar-refractivity contribution in [2.75, 3.05) is 0 Å². The molecule has 7 nitrogen and oxygen atoms in total. The lowest BCUT2D eigenvalue weighted by molar-refractivity contribution is -0.384. The number of nitrogens with zero attached hydrogens (tertiary/aromatic N) is 4. The molecule has 0 bridgehead atoms. The van der Waals surface area contributed by atoms with E-state index >= 15 is 0 Å². The van der Waals surface area contributed by atoms with Gasteiger partial charge in [-0.25, -0.2) is 4.40 Å².